The first-order chi connectivity index (χ1) is 11.1. The summed E-state index contributed by atoms with van der Waals surface area (Å²) in [7, 11) is 3.47. The zero-order chi connectivity index (χ0) is 16.7. The SMILES string of the molecule is COc1cccc(CN(C)CC(=O)NC(=O)NC2CCCC2)c1. The van der Waals surface area contributed by atoms with Crippen LogP contribution >= 0.6 is 0 Å². The van der Waals surface area contributed by atoms with Gasteiger partial charge < -0.3 is 10.1 Å². The van der Waals surface area contributed by atoms with E-state index in [0.717, 1.165) is 37.0 Å². The standard InChI is InChI=1S/C17H25N3O3/c1-20(11-13-6-5-9-15(10-13)23-2)12-16(21)19-17(22)18-14-7-3-4-8-14/h5-6,9-10,14H,3-4,7-8,11-12H2,1-2H3,(H2,18,19,21,22). The number of ether oxygens (including phenoxy) is 1. The maximum absolute atomic E-state index is 11.9. The number of amides is 3. The third-order valence-electron chi connectivity index (χ3n) is 3.94. The summed E-state index contributed by atoms with van der Waals surface area (Å²) in [6.45, 7) is 0.768. The van der Waals surface area contributed by atoms with Gasteiger partial charge in [-0.05, 0) is 37.6 Å². The summed E-state index contributed by atoms with van der Waals surface area (Å²) in [5.41, 5.74) is 1.05. The molecule has 1 aromatic rings. The van der Waals surface area contributed by atoms with E-state index in [0.29, 0.717) is 6.54 Å². The lowest BCUT2D eigenvalue weighted by Gasteiger charge is -2.17. The Morgan fingerprint density at radius 2 is 2.04 bits per heavy atom. The molecule has 0 bridgehead atoms. The summed E-state index contributed by atoms with van der Waals surface area (Å²) in [5, 5.41) is 5.23. The summed E-state index contributed by atoms with van der Waals surface area (Å²) < 4.78 is 5.18. The minimum atomic E-state index is -0.392. The molecular formula is C17H25N3O3. The van der Waals surface area contributed by atoms with Gasteiger partial charge in [-0.1, -0.05) is 25.0 Å². The second kappa shape index (κ2) is 8.53. The van der Waals surface area contributed by atoms with Crippen LogP contribution in [0.3, 0.4) is 0 Å². The molecule has 6 nitrogen and oxygen atoms in total. The second-order valence-corrected chi connectivity index (χ2v) is 6.03. The molecule has 2 rings (SSSR count). The molecule has 23 heavy (non-hydrogen) atoms. The van der Waals surface area contributed by atoms with Gasteiger partial charge in [0, 0.05) is 12.6 Å². The van der Waals surface area contributed by atoms with Crippen molar-refractivity contribution in [3.05, 3.63) is 29.8 Å². The average molecular weight is 319 g/mol. The van der Waals surface area contributed by atoms with E-state index in [9.17, 15) is 9.59 Å². The van der Waals surface area contributed by atoms with E-state index in [2.05, 4.69) is 10.6 Å². The highest BCUT2D eigenvalue weighted by Crippen LogP contribution is 2.17. The second-order valence-electron chi connectivity index (χ2n) is 6.03. The molecule has 1 saturated carbocycles. The summed E-state index contributed by atoms with van der Waals surface area (Å²) in [6, 6.07) is 7.51. The van der Waals surface area contributed by atoms with Crippen molar-refractivity contribution in [2.75, 3.05) is 20.7 Å². The number of hydrogen-bond acceptors (Lipinski definition) is 4. The Kier molecular flexibility index (Phi) is 6.40. The molecule has 0 spiro atoms. The zero-order valence-electron chi connectivity index (χ0n) is 13.8. The van der Waals surface area contributed by atoms with Crippen molar-refractivity contribution in [3.63, 3.8) is 0 Å². The summed E-state index contributed by atoms with van der Waals surface area (Å²) in [6.07, 6.45) is 4.28. The maximum atomic E-state index is 11.9. The lowest BCUT2D eigenvalue weighted by molar-refractivity contribution is -0.121. The van der Waals surface area contributed by atoms with Crippen LogP contribution in [0.25, 0.3) is 0 Å². The third-order valence-corrected chi connectivity index (χ3v) is 3.94. The average Bonchev–Trinajstić information content (AvgIpc) is 2.99. The Labute approximate surface area is 137 Å². The van der Waals surface area contributed by atoms with E-state index in [-0.39, 0.29) is 18.5 Å². The Balaban J connectivity index is 1.74. The molecule has 0 atom stereocenters. The molecule has 0 aromatic heterocycles. The Hall–Kier alpha value is -2.08. The molecule has 3 amide bonds. The van der Waals surface area contributed by atoms with Gasteiger partial charge in [-0.2, -0.15) is 0 Å². The van der Waals surface area contributed by atoms with Gasteiger partial charge >= 0.3 is 6.03 Å². The number of nitrogens with zero attached hydrogens (tertiary/aromatic N) is 1. The zero-order valence-corrected chi connectivity index (χ0v) is 13.8. The predicted octanol–water partition coefficient (Wildman–Crippen LogP) is 1.90. The fraction of sp³-hybridized carbons (Fsp3) is 0.529. The first-order valence-electron chi connectivity index (χ1n) is 7.98. The molecule has 1 aliphatic carbocycles. The Bertz CT molecular complexity index is 542. The number of hydrogen-bond donors (Lipinski definition) is 2. The first kappa shape index (κ1) is 17.3. The molecule has 126 valence electrons. The van der Waals surface area contributed by atoms with Gasteiger partial charge in [-0.15, -0.1) is 0 Å². The van der Waals surface area contributed by atoms with Crippen LogP contribution in [-0.4, -0.2) is 43.6 Å². The molecule has 6 heteroatoms. The number of benzene rings is 1. The third kappa shape index (κ3) is 5.90. The summed E-state index contributed by atoms with van der Waals surface area (Å²) >= 11 is 0. The number of likely N-dealkylation sites (N-methyl/N-ethyl adjacent to an activating group) is 1. The fourth-order valence-electron chi connectivity index (χ4n) is 2.84. The lowest BCUT2D eigenvalue weighted by atomic mass is 10.2. The predicted molar refractivity (Wildman–Crippen MR) is 88.3 cm³/mol. The van der Waals surface area contributed by atoms with Crippen LogP contribution in [0.1, 0.15) is 31.2 Å². The smallest absolute Gasteiger partial charge is 0.321 e. The Morgan fingerprint density at radius 1 is 1.30 bits per heavy atom. The minimum Gasteiger partial charge on any atom is -0.497 e. The fourth-order valence-corrected chi connectivity index (χ4v) is 2.84. The van der Waals surface area contributed by atoms with Crippen molar-refractivity contribution in [1.82, 2.24) is 15.5 Å². The van der Waals surface area contributed by atoms with E-state index in [1.807, 2.05) is 36.2 Å². The minimum absolute atomic E-state index is 0.162. The van der Waals surface area contributed by atoms with Gasteiger partial charge in [-0.25, -0.2) is 4.79 Å². The molecule has 1 aliphatic rings. The number of nitrogens with one attached hydrogen (secondary N) is 2. The molecule has 1 fully saturated rings. The van der Waals surface area contributed by atoms with Gasteiger partial charge in [-0.3, -0.25) is 15.0 Å². The number of methoxy groups -OCH3 is 1. The molecule has 0 heterocycles. The van der Waals surface area contributed by atoms with Crippen molar-refractivity contribution >= 4 is 11.9 Å². The van der Waals surface area contributed by atoms with Gasteiger partial charge in [0.1, 0.15) is 5.75 Å². The van der Waals surface area contributed by atoms with Crippen molar-refractivity contribution in [1.29, 1.82) is 0 Å². The maximum Gasteiger partial charge on any atom is 0.321 e. The molecule has 0 saturated heterocycles. The van der Waals surface area contributed by atoms with Gasteiger partial charge in [0.05, 0.1) is 13.7 Å². The number of imide groups is 1. The van der Waals surface area contributed by atoms with Crippen molar-refractivity contribution in [2.45, 2.75) is 38.3 Å². The molecule has 0 unspecified atom stereocenters. The van der Waals surface area contributed by atoms with Crippen LogP contribution in [0.2, 0.25) is 0 Å². The molecule has 0 aliphatic heterocycles. The number of urea groups is 1. The van der Waals surface area contributed by atoms with E-state index < -0.39 is 6.03 Å². The first-order valence-corrected chi connectivity index (χ1v) is 7.98. The van der Waals surface area contributed by atoms with Crippen LogP contribution in [0, 0.1) is 0 Å². The van der Waals surface area contributed by atoms with Crippen molar-refractivity contribution in [2.24, 2.45) is 0 Å². The summed E-state index contributed by atoms with van der Waals surface area (Å²) in [4.78, 5) is 25.5. The van der Waals surface area contributed by atoms with Gasteiger partial charge in [0.15, 0.2) is 0 Å². The van der Waals surface area contributed by atoms with Crippen LogP contribution < -0.4 is 15.4 Å². The lowest BCUT2D eigenvalue weighted by Crippen LogP contribution is -2.46. The van der Waals surface area contributed by atoms with E-state index in [1.165, 1.54) is 0 Å². The quantitative estimate of drug-likeness (QED) is 0.840. The number of carbonyl (C=O) groups is 2. The topological polar surface area (TPSA) is 70.7 Å². The molecular weight excluding hydrogens is 294 g/mol. The van der Waals surface area contributed by atoms with Gasteiger partial charge in [0.25, 0.3) is 0 Å². The van der Waals surface area contributed by atoms with Crippen molar-refractivity contribution in [3.8, 4) is 5.75 Å². The number of rotatable bonds is 6. The van der Waals surface area contributed by atoms with E-state index >= 15 is 0 Å². The molecule has 1 aromatic carbocycles. The van der Waals surface area contributed by atoms with Crippen LogP contribution in [-0.2, 0) is 11.3 Å². The highest BCUT2D eigenvalue weighted by molar-refractivity contribution is 5.95. The Morgan fingerprint density at radius 3 is 2.74 bits per heavy atom. The summed E-state index contributed by atoms with van der Waals surface area (Å²) in [5.74, 6) is 0.488. The van der Waals surface area contributed by atoms with E-state index in [1.54, 1.807) is 7.11 Å². The molecule has 0 radical (unpaired) electrons. The van der Waals surface area contributed by atoms with Gasteiger partial charge in [0.2, 0.25) is 5.91 Å². The number of carbonyl (C=O) groups excluding carboxylic acids is 2. The van der Waals surface area contributed by atoms with Crippen LogP contribution in [0.5, 0.6) is 5.75 Å². The molecule has 2 N–H and O–H groups in total. The monoisotopic (exact) mass is 319 g/mol. The van der Waals surface area contributed by atoms with E-state index in [4.69, 9.17) is 4.74 Å². The van der Waals surface area contributed by atoms with Crippen LogP contribution in [0.15, 0.2) is 24.3 Å². The normalized spacial score (nSPS) is 14.7. The largest absolute Gasteiger partial charge is 0.497 e. The highest BCUT2D eigenvalue weighted by Gasteiger charge is 2.18. The van der Waals surface area contributed by atoms with Crippen molar-refractivity contribution < 1.29 is 14.3 Å². The van der Waals surface area contributed by atoms with Crippen LogP contribution in [0.4, 0.5) is 4.79 Å². The highest BCUT2D eigenvalue weighted by atomic mass is 16.5.